The van der Waals surface area contributed by atoms with Crippen molar-refractivity contribution in [3.05, 3.63) is 48.4 Å². The highest BCUT2D eigenvalue weighted by molar-refractivity contribution is 5.67. The second-order valence-electron chi connectivity index (χ2n) is 7.01. The van der Waals surface area contributed by atoms with Crippen LogP contribution in [0.2, 0.25) is 0 Å². The third-order valence-corrected chi connectivity index (χ3v) is 4.81. The molecular formula is C21H21FN8O. The summed E-state index contributed by atoms with van der Waals surface area (Å²) in [5.74, 6) is 1.53. The zero-order chi connectivity index (χ0) is 21.6. The maximum atomic E-state index is 13.5. The van der Waals surface area contributed by atoms with Gasteiger partial charge in [-0.1, -0.05) is 0 Å². The molecule has 0 amide bonds. The van der Waals surface area contributed by atoms with Crippen molar-refractivity contribution >= 4 is 23.3 Å². The number of hydrogen-bond acceptors (Lipinski definition) is 9. The SMILES string of the molecule is N#Cc1cc(-c2ccnc(Nc3ccc(NCCO)nc3)n2)cnc1N1CCC(F)C1. The summed E-state index contributed by atoms with van der Waals surface area (Å²) in [7, 11) is 0. The fraction of sp³-hybridized carbons (Fsp3) is 0.286. The minimum atomic E-state index is -0.891. The van der Waals surface area contributed by atoms with E-state index in [0.717, 1.165) is 0 Å². The Balaban J connectivity index is 1.52. The van der Waals surface area contributed by atoms with Crippen molar-refractivity contribution in [3.8, 4) is 17.3 Å². The number of aliphatic hydroxyl groups excluding tert-OH is 1. The molecule has 0 aliphatic carbocycles. The Bertz CT molecular complexity index is 1090. The Morgan fingerprint density at radius 3 is 2.84 bits per heavy atom. The van der Waals surface area contributed by atoms with Crippen LogP contribution in [0.3, 0.4) is 0 Å². The molecule has 1 fully saturated rings. The lowest BCUT2D eigenvalue weighted by atomic mass is 10.1. The molecule has 1 aliphatic rings. The van der Waals surface area contributed by atoms with Crippen molar-refractivity contribution < 1.29 is 9.50 Å². The predicted octanol–water partition coefficient (Wildman–Crippen LogP) is 2.50. The molecule has 1 atom stereocenters. The number of nitriles is 1. The van der Waals surface area contributed by atoms with Crippen LogP contribution in [0.4, 0.5) is 27.7 Å². The second-order valence-corrected chi connectivity index (χ2v) is 7.01. The topological polar surface area (TPSA) is 123 Å². The molecule has 0 bridgehead atoms. The molecule has 1 aliphatic heterocycles. The van der Waals surface area contributed by atoms with Crippen LogP contribution in [0.5, 0.6) is 0 Å². The fourth-order valence-corrected chi connectivity index (χ4v) is 3.31. The second kappa shape index (κ2) is 9.32. The van der Waals surface area contributed by atoms with Crippen LogP contribution in [0, 0.1) is 11.3 Å². The molecule has 3 N–H and O–H groups in total. The molecule has 1 saturated heterocycles. The Hall–Kier alpha value is -3.84. The summed E-state index contributed by atoms with van der Waals surface area (Å²) in [6.45, 7) is 1.26. The third kappa shape index (κ3) is 4.84. The molecule has 0 radical (unpaired) electrons. The maximum absolute atomic E-state index is 13.5. The quantitative estimate of drug-likeness (QED) is 0.529. The highest BCUT2D eigenvalue weighted by Crippen LogP contribution is 2.27. The van der Waals surface area contributed by atoms with Gasteiger partial charge in [-0.25, -0.2) is 24.3 Å². The molecule has 4 heterocycles. The van der Waals surface area contributed by atoms with Gasteiger partial charge in [0, 0.05) is 31.0 Å². The zero-order valence-electron chi connectivity index (χ0n) is 16.7. The van der Waals surface area contributed by atoms with Gasteiger partial charge in [0.15, 0.2) is 0 Å². The average Bonchev–Trinajstić information content (AvgIpc) is 3.24. The molecular weight excluding hydrogens is 399 g/mol. The number of anilines is 4. The van der Waals surface area contributed by atoms with Gasteiger partial charge in [-0.15, -0.1) is 0 Å². The highest BCUT2D eigenvalue weighted by Gasteiger charge is 2.25. The van der Waals surface area contributed by atoms with Crippen LogP contribution in [0.15, 0.2) is 42.9 Å². The Labute approximate surface area is 178 Å². The lowest BCUT2D eigenvalue weighted by Crippen LogP contribution is -2.22. The first-order chi connectivity index (χ1) is 15.2. The van der Waals surface area contributed by atoms with Gasteiger partial charge in [-0.05, 0) is 30.7 Å². The molecule has 31 heavy (non-hydrogen) atoms. The molecule has 0 saturated carbocycles. The van der Waals surface area contributed by atoms with Gasteiger partial charge in [0.05, 0.1) is 36.3 Å². The highest BCUT2D eigenvalue weighted by atomic mass is 19.1. The van der Waals surface area contributed by atoms with Crippen molar-refractivity contribution in [2.24, 2.45) is 0 Å². The first kappa shape index (κ1) is 20.4. The summed E-state index contributed by atoms with van der Waals surface area (Å²) in [6.07, 6.45) is 4.44. The van der Waals surface area contributed by atoms with Crippen molar-refractivity contribution in [2.75, 3.05) is 41.8 Å². The Morgan fingerprint density at radius 1 is 1.23 bits per heavy atom. The van der Waals surface area contributed by atoms with E-state index in [1.54, 1.807) is 41.7 Å². The number of alkyl halides is 1. The maximum Gasteiger partial charge on any atom is 0.227 e. The van der Waals surface area contributed by atoms with Crippen LogP contribution in [0.1, 0.15) is 12.0 Å². The van der Waals surface area contributed by atoms with E-state index in [1.807, 2.05) is 6.07 Å². The fourth-order valence-electron chi connectivity index (χ4n) is 3.31. The number of aliphatic hydroxyl groups is 1. The van der Waals surface area contributed by atoms with E-state index in [2.05, 4.69) is 36.6 Å². The van der Waals surface area contributed by atoms with Crippen molar-refractivity contribution in [1.82, 2.24) is 19.9 Å². The van der Waals surface area contributed by atoms with Crippen LogP contribution >= 0.6 is 0 Å². The lowest BCUT2D eigenvalue weighted by Gasteiger charge is -2.18. The largest absolute Gasteiger partial charge is 0.395 e. The molecule has 0 aromatic carbocycles. The number of hydrogen-bond donors (Lipinski definition) is 3. The van der Waals surface area contributed by atoms with E-state index in [0.29, 0.717) is 59.6 Å². The van der Waals surface area contributed by atoms with Gasteiger partial charge in [-0.2, -0.15) is 5.26 Å². The first-order valence-electron chi connectivity index (χ1n) is 9.86. The van der Waals surface area contributed by atoms with Crippen LogP contribution in [0.25, 0.3) is 11.3 Å². The smallest absolute Gasteiger partial charge is 0.227 e. The van der Waals surface area contributed by atoms with E-state index in [9.17, 15) is 9.65 Å². The van der Waals surface area contributed by atoms with Crippen LogP contribution < -0.4 is 15.5 Å². The number of pyridine rings is 2. The minimum absolute atomic E-state index is 0.0278. The summed E-state index contributed by atoms with van der Waals surface area (Å²) in [4.78, 5) is 19.2. The number of rotatable bonds is 7. The first-order valence-corrected chi connectivity index (χ1v) is 9.86. The van der Waals surface area contributed by atoms with Crippen molar-refractivity contribution in [2.45, 2.75) is 12.6 Å². The van der Waals surface area contributed by atoms with Crippen molar-refractivity contribution in [3.63, 3.8) is 0 Å². The summed E-state index contributed by atoms with van der Waals surface area (Å²) in [5, 5.41) is 24.5. The van der Waals surface area contributed by atoms with Gasteiger partial charge in [0.2, 0.25) is 5.95 Å². The Kier molecular flexibility index (Phi) is 6.14. The van der Waals surface area contributed by atoms with E-state index >= 15 is 0 Å². The molecule has 4 rings (SSSR count). The van der Waals surface area contributed by atoms with E-state index in [1.165, 1.54) is 0 Å². The number of nitrogens with zero attached hydrogens (tertiary/aromatic N) is 6. The summed E-state index contributed by atoms with van der Waals surface area (Å²) in [6, 6.07) is 9.20. The van der Waals surface area contributed by atoms with Crippen molar-refractivity contribution in [1.29, 1.82) is 5.26 Å². The van der Waals surface area contributed by atoms with E-state index in [-0.39, 0.29) is 13.2 Å². The predicted molar refractivity (Wildman–Crippen MR) is 115 cm³/mol. The van der Waals surface area contributed by atoms with Gasteiger partial charge < -0.3 is 20.6 Å². The average molecular weight is 420 g/mol. The molecule has 3 aromatic heterocycles. The molecule has 9 nitrogen and oxygen atoms in total. The summed E-state index contributed by atoms with van der Waals surface area (Å²) >= 11 is 0. The standard InChI is InChI=1S/C21H21FN8O/c22-16-4-7-30(13-16)20-14(10-23)9-15(11-27-20)18-3-5-25-21(29-18)28-17-1-2-19(26-12-17)24-6-8-31/h1-3,5,9,11-12,16,31H,4,6-8,13H2,(H,24,26)(H,25,28,29). The van der Waals surface area contributed by atoms with Gasteiger partial charge in [0.1, 0.15) is 23.9 Å². The van der Waals surface area contributed by atoms with Gasteiger partial charge in [0.25, 0.3) is 0 Å². The third-order valence-electron chi connectivity index (χ3n) is 4.81. The van der Waals surface area contributed by atoms with E-state index < -0.39 is 6.17 Å². The minimum Gasteiger partial charge on any atom is -0.395 e. The van der Waals surface area contributed by atoms with Crippen LogP contribution in [-0.4, -0.2) is 57.5 Å². The van der Waals surface area contributed by atoms with E-state index in [4.69, 9.17) is 5.11 Å². The normalized spacial score (nSPS) is 15.5. The number of aromatic nitrogens is 4. The monoisotopic (exact) mass is 420 g/mol. The lowest BCUT2D eigenvalue weighted by molar-refractivity contribution is 0.311. The number of nitrogens with one attached hydrogen (secondary N) is 2. The van der Waals surface area contributed by atoms with Gasteiger partial charge >= 0.3 is 0 Å². The summed E-state index contributed by atoms with van der Waals surface area (Å²) < 4.78 is 13.5. The molecule has 0 spiro atoms. The molecule has 1 unspecified atom stereocenters. The van der Waals surface area contributed by atoms with Gasteiger partial charge in [-0.3, -0.25) is 0 Å². The summed E-state index contributed by atoms with van der Waals surface area (Å²) in [5.41, 5.74) is 2.36. The molecule has 158 valence electrons. The Morgan fingerprint density at radius 2 is 2.13 bits per heavy atom. The molecule has 3 aromatic rings. The van der Waals surface area contributed by atoms with Crippen LogP contribution in [-0.2, 0) is 0 Å². The zero-order valence-corrected chi connectivity index (χ0v) is 16.7. The molecule has 10 heteroatoms. The number of halogens is 1.